The number of nitrogens with one attached hydrogen (secondary N) is 1. The third-order valence-corrected chi connectivity index (χ3v) is 2.37. The van der Waals surface area contributed by atoms with Crippen molar-refractivity contribution in [1.82, 2.24) is 5.32 Å². The van der Waals surface area contributed by atoms with Gasteiger partial charge in [0.15, 0.2) is 0 Å². The Morgan fingerprint density at radius 2 is 2.13 bits per heavy atom. The summed E-state index contributed by atoms with van der Waals surface area (Å²) in [5.41, 5.74) is 5.08. The second-order valence-electron chi connectivity index (χ2n) is 4.15. The smallest absolute Gasteiger partial charge is 0.240 e. The third-order valence-electron chi connectivity index (χ3n) is 2.37. The van der Waals surface area contributed by atoms with Crippen molar-refractivity contribution in [2.75, 3.05) is 0 Å². The predicted octanol–water partition coefficient (Wildman–Crippen LogP) is 1.42. The maximum Gasteiger partial charge on any atom is 0.240 e. The minimum absolute atomic E-state index is 0.152. The molecule has 0 aliphatic carbocycles. The lowest BCUT2D eigenvalue weighted by Crippen LogP contribution is -2.53. The van der Waals surface area contributed by atoms with Crippen molar-refractivity contribution >= 4 is 5.91 Å². The summed E-state index contributed by atoms with van der Waals surface area (Å²) in [7, 11) is 0. The highest BCUT2D eigenvalue weighted by atomic mass is 16.2. The average molecular weight is 210 g/mol. The van der Waals surface area contributed by atoms with Gasteiger partial charge in [-0.2, -0.15) is 0 Å². The van der Waals surface area contributed by atoms with E-state index in [1.807, 2.05) is 13.8 Å². The van der Waals surface area contributed by atoms with E-state index in [1.54, 1.807) is 6.92 Å². The summed E-state index contributed by atoms with van der Waals surface area (Å²) in [6.45, 7) is 5.78. The Bertz CT molecular complexity index is 240. The fourth-order valence-electron chi connectivity index (χ4n) is 1.44. The van der Waals surface area contributed by atoms with Crippen LogP contribution in [0.1, 0.15) is 46.5 Å². The molecule has 0 aromatic carbocycles. The number of nitrogens with two attached hydrogens (primary N) is 1. The van der Waals surface area contributed by atoms with Crippen LogP contribution >= 0.6 is 0 Å². The first-order valence-electron chi connectivity index (χ1n) is 5.53. The first-order chi connectivity index (χ1) is 6.97. The van der Waals surface area contributed by atoms with Gasteiger partial charge in [0.05, 0.1) is 11.6 Å². The number of carbonyl (C=O) groups excluding carboxylic acids is 1. The van der Waals surface area contributed by atoms with E-state index >= 15 is 0 Å². The normalized spacial score (nSPS) is 16.2. The lowest BCUT2D eigenvalue weighted by atomic mass is 9.96. The fraction of sp³-hybridized carbons (Fsp3) is 0.750. The summed E-state index contributed by atoms with van der Waals surface area (Å²) in [6.07, 6.45) is 8.62. The number of hydrogen-bond acceptors (Lipinski definition) is 2. The Morgan fingerprint density at radius 3 is 2.53 bits per heavy atom. The van der Waals surface area contributed by atoms with Crippen molar-refractivity contribution in [3.63, 3.8) is 0 Å². The molecule has 0 radical (unpaired) electrons. The van der Waals surface area contributed by atoms with Crippen molar-refractivity contribution in [3.05, 3.63) is 0 Å². The zero-order chi connectivity index (χ0) is 11.9. The van der Waals surface area contributed by atoms with Crippen LogP contribution in [0.5, 0.6) is 0 Å². The van der Waals surface area contributed by atoms with Crippen LogP contribution in [0.3, 0.4) is 0 Å². The van der Waals surface area contributed by atoms with Crippen molar-refractivity contribution < 1.29 is 4.79 Å². The lowest BCUT2D eigenvalue weighted by Gasteiger charge is -2.24. The van der Waals surface area contributed by atoms with Crippen LogP contribution in [0, 0.1) is 12.3 Å². The molecule has 0 fully saturated rings. The Morgan fingerprint density at radius 1 is 1.53 bits per heavy atom. The van der Waals surface area contributed by atoms with Crippen LogP contribution in [0.4, 0.5) is 0 Å². The molecule has 15 heavy (non-hydrogen) atoms. The maximum absolute atomic E-state index is 11.8. The molecule has 0 aromatic rings. The molecule has 0 saturated carbocycles. The van der Waals surface area contributed by atoms with Crippen LogP contribution in [0.25, 0.3) is 0 Å². The molecule has 2 unspecified atom stereocenters. The van der Waals surface area contributed by atoms with Gasteiger partial charge >= 0.3 is 0 Å². The molecular formula is C12H22N2O. The molecule has 2 atom stereocenters. The van der Waals surface area contributed by atoms with E-state index in [4.69, 9.17) is 12.2 Å². The van der Waals surface area contributed by atoms with Crippen molar-refractivity contribution in [2.24, 2.45) is 5.73 Å². The topological polar surface area (TPSA) is 55.1 Å². The van der Waals surface area contributed by atoms with Crippen LogP contribution < -0.4 is 11.1 Å². The van der Waals surface area contributed by atoms with Crippen LogP contribution in [0.15, 0.2) is 0 Å². The number of carbonyl (C=O) groups is 1. The standard InChI is InChI=1S/C12H22N2O/c1-5-8-10(7-3)14-11(15)12(4,13)9-6-2/h3,10H,5-6,8-9,13H2,1-2,4H3,(H,14,15). The minimum atomic E-state index is -0.808. The van der Waals surface area contributed by atoms with E-state index in [2.05, 4.69) is 11.2 Å². The van der Waals surface area contributed by atoms with Gasteiger partial charge in [0.25, 0.3) is 0 Å². The summed E-state index contributed by atoms with van der Waals surface area (Å²) in [6, 6.07) is -0.192. The molecule has 3 N–H and O–H groups in total. The summed E-state index contributed by atoms with van der Waals surface area (Å²) < 4.78 is 0. The summed E-state index contributed by atoms with van der Waals surface area (Å²) in [5, 5.41) is 2.79. The van der Waals surface area contributed by atoms with Crippen LogP contribution in [0.2, 0.25) is 0 Å². The monoisotopic (exact) mass is 210 g/mol. The molecule has 0 rings (SSSR count). The summed E-state index contributed by atoms with van der Waals surface area (Å²) >= 11 is 0. The minimum Gasteiger partial charge on any atom is -0.341 e. The molecule has 0 spiro atoms. The molecule has 0 aromatic heterocycles. The van der Waals surface area contributed by atoms with Gasteiger partial charge in [0.2, 0.25) is 5.91 Å². The Balaban J connectivity index is 4.28. The molecule has 0 aliphatic rings. The van der Waals surface area contributed by atoms with Crippen molar-refractivity contribution in [2.45, 2.75) is 58.0 Å². The summed E-state index contributed by atoms with van der Waals surface area (Å²) in [4.78, 5) is 11.8. The Hall–Kier alpha value is -1.01. The molecule has 0 bridgehead atoms. The van der Waals surface area contributed by atoms with Gasteiger partial charge in [0, 0.05) is 0 Å². The number of terminal acetylenes is 1. The van der Waals surface area contributed by atoms with E-state index in [9.17, 15) is 4.79 Å². The molecular weight excluding hydrogens is 188 g/mol. The van der Waals surface area contributed by atoms with Crippen LogP contribution in [-0.4, -0.2) is 17.5 Å². The lowest BCUT2D eigenvalue weighted by molar-refractivity contribution is -0.126. The quantitative estimate of drug-likeness (QED) is 0.651. The van der Waals surface area contributed by atoms with E-state index in [0.717, 1.165) is 19.3 Å². The van der Waals surface area contributed by atoms with Gasteiger partial charge < -0.3 is 11.1 Å². The molecule has 0 aliphatic heterocycles. The van der Waals surface area contributed by atoms with E-state index < -0.39 is 5.54 Å². The van der Waals surface area contributed by atoms with Crippen molar-refractivity contribution in [1.29, 1.82) is 0 Å². The van der Waals surface area contributed by atoms with Gasteiger partial charge in [-0.25, -0.2) is 0 Å². The Kier molecular flexibility index (Phi) is 6.03. The molecule has 0 heterocycles. The fourth-order valence-corrected chi connectivity index (χ4v) is 1.44. The largest absolute Gasteiger partial charge is 0.341 e. The first-order valence-corrected chi connectivity index (χ1v) is 5.53. The zero-order valence-electron chi connectivity index (χ0n) is 9.97. The number of hydrogen-bond donors (Lipinski definition) is 2. The second kappa shape index (κ2) is 6.47. The van der Waals surface area contributed by atoms with E-state index in [1.165, 1.54) is 0 Å². The highest BCUT2D eigenvalue weighted by Crippen LogP contribution is 2.09. The molecule has 3 nitrogen and oxygen atoms in total. The third kappa shape index (κ3) is 4.85. The highest BCUT2D eigenvalue weighted by Gasteiger charge is 2.28. The Labute approximate surface area is 92.8 Å². The van der Waals surface area contributed by atoms with E-state index in [-0.39, 0.29) is 11.9 Å². The number of amides is 1. The maximum atomic E-state index is 11.8. The van der Waals surface area contributed by atoms with Gasteiger partial charge in [-0.05, 0) is 19.8 Å². The number of rotatable bonds is 6. The van der Waals surface area contributed by atoms with Gasteiger partial charge in [-0.15, -0.1) is 6.42 Å². The molecule has 3 heteroatoms. The second-order valence-corrected chi connectivity index (χ2v) is 4.15. The summed E-state index contributed by atoms with van der Waals surface area (Å²) in [5.74, 6) is 2.41. The molecule has 0 saturated heterocycles. The van der Waals surface area contributed by atoms with Gasteiger partial charge in [0.1, 0.15) is 0 Å². The predicted molar refractivity (Wildman–Crippen MR) is 63.2 cm³/mol. The van der Waals surface area contributed by atoms with Crippen molar-refractivity contribution in [3.8, 4) is 12.3 Å². The van der Waals surface area contributed by atoms with E-state index in [0.29, 0.717) is 6.42 Å². The highest BCUT2D eigenvalue weighted by molar-refractivity contribution is 5.86. The average Bonchev–Trinajstić information content (AvgIpc) is 2.16. The van der Waals surface area contributed by atoms with Gasteiger partial charge in [-0.3, -0.25) is 4.79 Å². The first kappa shape index (κ1) is 14.0. The SMILES string of the molecule is C#CC(CCC)NC(=O)C(C)(N)CCC. The zero-order valence-corrected chi connectivity index (χ0v) is 9.97. The molecule has 86 valence electrons. The van der Waals surface area contributed by atoms with Gasteiger partial charge in [-0.1, -0.05) is 32.6 Å². The molecule has 1 amide bonds. The van der Waals surface area contributed by atoms with Crippen LogP contribution in [-0.2, 0) is 4.79 Å².